The molecule has 0 saturated carbocycles. The van der Waals surface area contributed by atoms with Crippen molar-refractivity contribution in [3.63, 3.8) is 0 Å². The highest BCUT2D eigenvalue weighted by molar-refractivity contribution is 8.26. The average Bonchev–Trinajstić information content (AvgIpc) is 3.25. The summed E-state index contributed by atoms with van der Waals surface area (Å²) in [6.07, 6.45) is 2.42. The maximum Gasteiger partial charge on any atom is 0.283 e. The lowest BCUT2D eigenvalue weighted by atomic mass is 10.1. The largest absolute Gasteiger partial charge is 0.495 e. The minimum absolute atomic E-state index is 0.0334. The molecule has 0 fully saturated rings. The molecule has 0 bridgehead atoms. The van der Waals surface area contributed by atoms with Crippen molar-refractivity contribution in [3.8, 4) is 11.4 Å². The third kappa shape index (κ3) is 3.36. The fourth-order valence-electron chi connectivity index (χ4n) is 3.47. The number of carbonyl (C=O) groups is 1. The van der Waals surface area contributed by atoms with Gasteiger partial charge in [0.25, 0.3) is 5.91 Å². The molecule has 0 saturated heterocycles. The molecule has 1 aromatic heterocycles. The number of nitrogens with one attached hydrogen (secondary N) is 1. The Morgan fingerprint density at radius 3 is 2.77 bits per heavy atom. The highest BCUT2D eigenvalue weighted by Crippen LogP contribution is 2.33. The number of nitrogens with zero attached hydrogens (tertiary/aromatic N) is 4. The Kier molecular flexibility index (Phi) is 5.29. The van der Waals surface area contributed by atoms with Crippen LogP contribution in [0.15, 0.2) is 39.9 Å². The van der Waals surface area contributed by atoms with E-state index < -0.39 is 5.91 Å². The highest BCUT2D eigenvalue weighted by atomic mass is 35.5. The monoisotopic (exact) mass is 441 g/mol. The summed E-state index contributed by atoms with van der Waals surface area (Å²) in [4.78, 5) is 16.8. The first-order valence-electron chi connectivity index (χ1n) is 9.36. The normalized spacial score (nSPS) is 17.4. The Morgan fingerprint density at radius 1 is 1.30 bits per heavy atom. The predicted octanol–water partition coefficient (Wildman–Crippen LogP) is 4.79. The smallest absolute Gasteiger partial charge is 0.283 e. The standard InChI is InChI=1S/C21H20ClN5O2S/c1-5-18-25-27-19(23)15(20(28)24-21(27)30-18)9-13-8-11(2)26(12(13)3)16-10-14(22)6-7-17(16)29-4/h6-10,23H,5H2,1-4H3/b15-9-,23-19?. The zero-order valence-corrected chi connectivity index (χ0v) is 18.6. The van der Waals surface area contributed by atoms with Crippen molar-refractivity contribution < 1.29 is 9.53 Å². The number of methoxy groups -OCH3 is 1. The lowest BCUT2D eigenvalue weighted by Gasteiger charge is -2.20. The quantitative estimate of drug-likeness (QED) is 0.691. The van der Waals surface area contributed by atoms with Crippen molar-refractivity contribution in [1.29, 1.82) is 5.41 Å². The van der Waals surface area contributed by atoms with Gasteiger partial charge in [0.05, 0.1) is 18.4 Å². The lowest BCUT2D eigenvalue weighted by molar-refractivity contribution is -0.114. The van der Waals surface area contributed by atoms with Crippen LogP contribution in [0.1, 0.15) is 30.3 Å². The molecule has 1 amide bonds. The highest BCUT2D eigenvalue weighted by Gasteiger charge is 2.35. The Hall–Kier alpha value is -2.84. The molecule has 7 nitrogen and oxygen atoms in total. The molecule has 0 atom stereocenters. The van der Waals surface area contributed by atoms with Gasteiger partial charge in [-0.3, -0.25) is 10.2 Å². The number of ether oxygens (including phenoxy) is 1. The van der Waals surface area contributed by atoms with E-state index in [2.05, 4.69) is 10.1 Å². The number of thioether (sulfide) groups is 1. The summed E-state index contributed by atoms with van der Waals surface area (Å²) in [6.45, 7) is 5.89. The second-order valence-corrected chi connectivity index (χ2v) is 8.32. The summed E-state index contributed by atoms with van der Waals surface area (Å²) in [7, 11) is 1.61. The van der Waals surface area contributed by atoms with Crippen LogP contribution in [0.2, 0.25) is 5.02 Å². The zero-order chi connectivity index (χ0) is 21.6. The van der Waals surface area contributed by atoms with E-state index in [4.69, 9.17) is 21.7 Å². The number of hydrogen-bond donors (Lipinski definition) is 1. The van der Waals surface area contributed by atoms with Crippen LogP contribution in [0.3, 0.4) is 0 Å². The molecule has 1 N–H and O–H groups in total. The van der Waals surface area contributed by atoms with Crippen molar-refractivity contribution in [1.82, 2.24) is 9.58 Å². The van der Waals surface area contributed by atoms with Gasteiger partial charge in [0.2, 0.25) is 5.17 Å². The van der Waals surface area contributed by atoms with Gasteiger partial charge in [0, 0.05) is 16.4 Å². The average molecular weight is 442 g/mol. The molecule has 2 aliphatic rings. The minimum Gasteiger partial charge on any atom is -0.495 e. The Morgan fingerprint density at radius 2 is 2.07 bits per heavy atom. The number of carbonyl (C=O) groups excluding carboxylic acids is 1. The molecule has 0 radical (unpaired) electrons. The third-order valence-electron chi connectivity index (χ3n) is 4.95. The molecule has 2 aromatic rings. The van der Waals surface area contributed by atoms with Gasteiger partial charge in [-0.1, -0.05) is 18.5 Å². The molecule has 9 heteroatoms. The Bertz CT molecular complexity index is 1180. The van der Waals surface area contributed by atoms with E-state index in [1.165, 1.54) is 16.8 Å². The summed E-state index contributed by atoms with van der Waals surface area (Å²) in [5, 5.41) is 16.2. The van der Waals surface area contributed by atoms with Crippen LogP contribution in [0.5, 0.6) is 5.75 Å². The number of aryl methyl sites for hydroxylation is 1. The Balaban J connectivity index is 1.79. The minimum atomic E-state index is -0.434. The molecule has 4 rings (SSSR count). The maximum absolute atomic E-state index is 12.6. The van der Waals surface area contributed by atoms with Crippen LogP contribution in [-0.4, -0.2) is 38.6 Å². The molecule has 0 aliphatic carbocycles. The molecule has 2 aliphatic heterocycles. The molecular formula is C21H20ClN5O2S. The summed E-state index contributed by atoms with van der Waals surface area (Å²) in [6, 6.07) is 7.39. The van der Waals surface area contributed by atoms with Crippen molar-refractivity contribution in [2.45, 2.75) is 27.2 Å². The number of hydrazone groups is 1. The van der Waals surface area contributed by atoms with Crippen LogP contribution >= 0.6 is 23.4 Å². The van der Waals surface area contributed by atoms with Crippen molar-refractivity contribution in [3.05, 3.63) is 51.8 Å². The fourth-order valence-corrected chi connectivity index (χ4v) is 4.46. The van der Waals surface area contributed by atoms with E-state index in [-0.39, 0.29) is 11.4 Å². The summed E-state index contributed by atoms with van der Waals surface area (Å²) in [5.74, 6) is 0.286. The van der Waals surface area contributed by atoms with Crippen LogP contribution < -0.4 is 4.74 Å². The van der Waals surface area contributed by atoms with Crippen LogP contribution in [0.25, 0.3) is 11.8 Å². The third-order valence-corrected chi connectivity index (χ3v) is 6.24. The van der Waals surface area contributed by atoms with Gasteiger partial charge in [-0.25, -0.2) is 0 Å². The van der Waals surface area contributed by atoms with Crippen LogP contribution in [0, 0.1) is 19.3 Å². The van der Waals surface area contributed by atoms with E-state index in [1.54, 1.807) is 19.3 Å². The van der Waals surface area contributed by atoms with Gasteiger partial charge >= 0.3 is 0 Å². The molecule has 154 valence electrons. The van der Waals surface area contributed by atoms with Gasteiger partial charge in [-0.2, -0.15) is 15.1 Å². The van der Waals surface area contributed by atoms with Crippen LogP contribution in [-0.2, 0) is 4.79 Å². The van der Waals surface area contributed by atoms with E-state index >= 15 is 0 Å². The second-order valence-electron chi connectivity index (χ2n) is 6.85. The number of hydrogen-bond acceptors (Lipinski definition) is 5. The first kappa shape index (κ1) is 20.4. The molecule has 30 heavy (non-hydrogen) atoms. The lowest BCUT2D eigenvalue weighted by Crippen LogP contribution is -2.35. The van der Waals surface area contributed by atoms with E-state index in [1.807, 2.05) is 43.5 Å². The number of amides is 1. The number of rotatable bonds is 4. The van der Waals surface area contributed by atoms with Crippen molar-refractivity contribution in [2.75, 3.05) is 7.11 Å². The Labute approximate surface area is 183 Å². The molecule has 3 heterocycles. The summed E-state index contributed by atoms with van der Waals surface area (Å²) < 4.78 is 7.52. The number of amidine groups is 2. The topological polar surface area (TPSA) is 83.0 Å². The first-order chi connectivity index (χ1) is 14.3. The summed E-state index contributed by atoms with van der Waals surface area (Å²) in [5.41, 5.74) is 3.67. The van der Waals surface area contributed by atoms with Crippen molar-refractivity contribution >= 4 is 51.4 Å². The van der Waals surface area contributed by atoms with E-state index in [9.17, 15) is 4.79 Å². The number of fused-ring (bicyclic) bond motifs is 1. The molecule has 0 spiro atoms. The zero-order valence-electron chi connectivity index (χ0n) is 17.0. The second kappa shape index (κ2) is 7.77. The molecular weight excluding hydrogens is 422 g/mol. The summed E-state index contributed by atoms with van der Waals surface area (Å²) >= 11 is 7.55. The van der Waals surface area contributed by atoms with Crippen molar-refractivity contribution in [2.24, 2.45) is 10.1 Å². The van der Waals surface area contributed by atoms with Gasteiger partial charge < -0.3 is 9.30 Å². The van der Waals surface area contributed by atoms with Gasteiger partial charge in [0.15, 0.2) is 5.84 Å². The van der Waals surface area contributed by atoms with Gasteiger partial charge in [0.1, 0.15) is 10.8 Å². The SMILES string of the molecule is CCC1=NN2C(=N)/C(=C/c3cc(C)n(-c4cc(Cl)ccc4OC)c3C)C(=O)N=C2S1. The van der Waals surface area contributed by atoms with Crippen LogP contribution in [0.4, 0.5) is 0 Å². The predicted molar refractivity (Wildman–Crippen MR) is 122 cm³/mol. The maximum atomic E-state index is 12.6. The number of aliphatic imine (C=N–C) groups is 1. The number of benzene rings is 1. The van der Waals surface area contributed by atoms with Gasteiger partial charge in [-0.05, 0) is 67.9 Å². The van der Waals surface area contributed by atoms with E-state index in [0.29, 0.717) is 15.9 Å². The fraction of sp³-hybridized carbons (Fsp3) is 0.238. The van der Waals surface area contributed by atoms with E-state index in [0.717, 1.165) is 34.1 Å². The first-order valence-corrected chi connectivity index (χ1v) is 10.6. The van der Waals surface area contributed by atoms with Gasteiger partial charge in [-0.15, -0.1) is 0 Å². The number of aromatic nitrogens is 1. The molecule has 0 unspecified atom stereocenters. The number of halogens is 1. The molecule has 1 aromatic carbocycles.